The first kappa shape index (κ1) is 24.2. The molecule has 3 aromatic rings. The Morgan fingerprint density at radius 1 is 1.16 bits per heavy atom. The van der Waals surface area contributed by atoms with E-state index in [1.165, 1.54) is 17.2 Å². The molecule has 9 nitrogen and oxygen atoms in total. The summed E-state index contributed by atoms with van der Waals surface area (Å²) >= 11 is 0. The number of fused-ring (bicyclic) bond motifs is 6. The molecule has 38 heavy (non-hydrogen) atoms. The Bertz CT molecular complexity index is 1540. The number of pyridine rings is 1. The van der Waals surface area contributed by atoms with Gasteiger partial charge in [-0.2, -0.15) is 18.4 Å². The molecule has 0 aliphatic carbocycles. The molecule has 4 atom stereocenters. The van der Waals surface area contributed by atoms with Crippen molar-refractivity contribution in [3.05, 3.63) is 54.1 Å². The number of ether oxygens (including phenoxy) is 2. The fraction of sp³-hybridized carbons (Fsp3) is 0.385. The van der Waals surface area contributed by atoms with E-state index in [1.807, 2.05) is 6.92 Å². The molecular weight excluding hydrogens is 503 g/mol. The van der Waals surface area contributed by atoms with Crippen LogP contribution in [0.4, 0.5) is 18.9 Å². The van der Waals surface area contributed by atoms with Crippen LogP contribution in [-0.4, -0.2) is 44.6 Å². The van der Waals surface area contributed by atoms with Crippen molar-refractivity contribution in [2.24, 2.45) is 11.8 Å². The minimum Gasteiger partial charge on any atom is -0.477 e. The van der Waals surface area contributed by atoms with Gasteiger partial charge in [0.25, 0.3) is 0 Å². The number of aromatic nitrogens is 3. The Labute approximate surface area is 214 Å². The third-order valence-electron chi connectivity index (χ3n) is 7.83. The molecular formula is C26H20F3N5O4. The molecule has 3 fully saturated rings. The Balaban J connectivity index is 1.30. The van der Waals surface area contributed by atoms with E-state index in [4.69, 9.17) is 9.47 Å². The first-order chi connectivity index (χ1) is 18.1. The molecule has 12 heteroatoms. The second-order valence-electron chi connectivity index (χ2n) is 9.93. The molecule has 3 aliphatic rings. The highest BCUT2D eigenvalue weighted by Crippen LogP contribution is 2.62. The number of benzene rings is 1. The molecule has 0 saturated carbocycles. The Kier molecular flexibility index (Phi) is 5.23. The molecule has 2 aromatic heterocycles. The average molecular weight is 523 g/mol. The molecule has 0 spiro atoms. The van der Waals surface area contributed by atoms with Crippen molar-refractivity contribution in [2.45, 2.75) is 43.6 Å². The lowest BCUT2D eigenvalue weighted by Gasteiger charge is -2.31. The number of hydrogen-bond donors (Lipinski definition) is 0. The summed E-state index contributed by atoms with van der Waals surface area (Å²) in [6, 6.07) is 9.28. The number of carbonyl (C=O) groups is 2. The van der Waals surface area contributed by atoms with E-state index in [9.17, 15) is 28.0 Å². The zero-order valence-corrected chi connectivity index (χ0v) is 20.0. The summed E-state index contributed by atoms with van der Waals surface area (Å²) in [6.45, 7) is 1.74. The first-order valence-electron chi connectivity index (χ1n) is 12.0. The molecule has 3 aliphatic heterocycles. The van der Waals surface area contributed by atoms with Crippen LogP contribution in [0.15, 0.2) is 42.9 Å². The van der Waals surface area contributed by atoms with Gasteiger partial charge in [0.1, 0.15) is 12.4 Å². The monoisotopic (exact) mass is 523 g/mol. The number of hydrogen-bond acceptors (Lipinski definition) is 8. The van der Waals surface area contributed by atoms with Gasteiger partial charge in [0.15, 0.2) is 5.69 Å². The summed E-state index contributed by atoms with van der Waals surface area (Å²) in [6.07, 6.45) is -1.11. The molecule has 0 unspecified atom stereocenters. The minimum atomic E-state index is -4.64. The van der Waals surface area contributed by atoms with Crippen molar-refractivity contribution >= 4 is 28.4 Å². The zero-order chi connectivity index (χ0) is 26.9. The van der Waals surface area contributed by atoms with E-state index >= 15 is 0 Å². The number of anilines is 1. The van der Waals surface area contributed by atoms with E-state index in [0.717, 1.165) is 6.33 Å². The highest BCUT2D eigenvalue weighted by Gasteiger charge is 2.73. The largest absolute Gasteiger partial charge is 0.477 e. The number of amides is 2. The number of halogens is 3. The normalized spacial score (nSPS) is 28.1. The highest BCUT2D eigenvalue weighted by molar-refractivity contribution is 6.26. The van der Waals surface area contributed by atoms with Crippen molar-refractivity contribution in [1.29, 1.82) is 5.26 Å². The SMILES string of the molecule is C[C@@]12CC[C@@](CCOc3cc(C(F)(F)F)ncn3)(O1)[C@H]1C(=O)N(c3ccc(C#N)c4ncccc34)C(=O)[C@H]12. The number of rotatable bonds is 5. The van der Waals surface area contributed by atoms with Crippen molar-refractivity contribution in [3.8, 4) is 11.9 Å². The quantitative estimate of drug-likeness (QED) is 0.464. The van der Waals surface area contributed by atoms with Crippen molar-refractivity contribution in [2.75, 3.05) is 11.5 Å². The van der Waals surface area contributed by atoms with E-state index in [-0.39, 0.29) is 24.8 Å². The third-order valence-corrected chi connectivity index (χ3v) is 7.83. The van der Waals surface area contributed by atoms with Gasteiger partial charge in [-0.3, -0.25) is 14.6 Å². The topological polar surface area (TPSA) is 118 Å². The van der Waals surface area contributed by atoms with E-state index in [2.05, 4.69) is 21.0 Å². The van der Waals surface area contributed by atoms with Crippen LogP contribution < -0.4 is 9.64 Å². The predicted molar refractivity (Wildman–Crippen MR) is 125 cm³/mol. The predicted octanol–water partition coefficient (Wildman–Crippen LogP) is 3.81. The number of nitriles is 1. The average Bonchev–Trinajstić information content (AvgIpc) is 3.47. The summed E-state index contributed by atoms with van der Waals surface area (Å²) in [4.78, 5) is 40.0. The lowest BCUT2D eigenvalue weighted by Crippen LogP contribution is -2.43. The van der Waals surface area contributed by atoms with E-state index in [1.54, 1.807) is 18.2 Å². The summed E-state index contributed by atoms with van der Waals surface area (Å²) in [5.74, 6) is -2.55. The maximum absolute atomic E-state index is 13.9. The fourth-order valence-electron chi connectivity index (χ4n) is 6.19. The lowest BCUT2D eigenvalue weighted by atomic mass is 9.67. The van der Waals surface area contributed by atoms with Gasteiger partial charge in [-0.1, -0.05) is 0 Å². The van der Waals surface area contributed by atoms with Gasteiger partial charge >= 0.3 is 6.18 Å². The molecule has 3 saturated heterocycles. The number of nitrogens with zero attached hydrogens (tertiary/aromatic N) is 5. The van der Waals surface area contributed by atoms with E-state index in [0.29, 0.717) is 41.1 Å². The standard InChI is InChI=1S/C26H20F3N5O4/c1-24-6-7-25(38-24,8-10-37-18-11-17(26(27,28)29)32-13-33-18)20-19(24)22(35)34(23(20)36)16-5-4-14(12-30)21-15(16)3-2-9-31-21/h2-5,9,11,13,19-20H,6-8,10H2,1H3/t19-,20+,24-,25-/m0/s1. The van der Waals surface area contributed by atoms with Gasteiger partial charge in [-0.05, 0) is 44.0 Å². The van der Waals surface area contributed by atoms with Crippen molar-refractivity contribution in [1.82, 2.24) is 15.0 Å². The van der Waals surface area contributed by atoms with Crippen molar-refractivity contribution < 1.29 is 32.2 Å². The third kappa shape index (κ3) is 3.45. The van der Waals surface area contributed by atoms with Gasteiger partial charge < -0.3 is 9.47 Å². The highest BCUT2D eigenvalue weighted by atomic mass is 19.4. The van der Waals surface area contributed by atoms with Crippen LogP contribution in [0, 0.1) is 23.2 Å². The molecule has 194 valence electrons. The number of carbonyl (C=O) groups excluding carboxylic acids is 2. The Morgan fingerprint density at radius 2 is 1.95 bits per heavy atom. The summed E-state index contributed by atoms with van der Waals surface area (Å²) < 4.78 is 50.8. The van der Waals surface area contributed by atoms with Crippen LogP contribution in [0.25, 0.3) is 10.9 Å². The van der Waals surface area contributed by atoms with Crippen LogP contribution in [0.5, 0.6) is 5.88 Å². The lowest BCUT2D eigenvalue weighted by molar-refractivity contribution is -0.141. The smallest absolute Gasteiger partial charge is 0.433 e. The molecule has 0 radical (unpaired) electrons. The summed E-state index contributed by atoms with van der Waals surface area (Å²) in [5, 5.41) is 9.97. The number of alkyl halides is 3. The second kappa shape index (κ2) is 8.19. The van der Waals surface area contributed by atoms with Gasteiger partial charge in [0.05, 0.1) is 46.4 Å². The van der Waals surface area contributed by atoms with Crippen molar-refractivity contribution in [3.63, 3.8) is 0 Å². The van der Waals surface area contributed by atoms with Gasteiger partial charge in [-0.15, -0.1) is 0 Å². The zero-order valence-electron chi connectivity index (χ0n) is 20.0. The molecule has 2 bridgehead atoms. The van der Waals surface area contributed by atoms with Crippen LogP contribution in [0.3, 0.4) is 0 Å². The molecule has 2 amide bonds. The molecule has 0 N–H and O–H groups in total. The van der Waals surface area contributed by atoms with Gasteiger partial charge in [0, 0.05) is 24.1 Å². The van der Waals surface area contributed by atoms with Gasteiger partial charge in [0.2, 0.25) is 17.7 Å². The molecule has 6 rings (SSSR count). The fourth-order valence-corrected chi connectivity index (χ4v) is 6.19. The maximum atomic E-state index is 13.9. The Hall–Kier alpha value is -4.11. The van der Waals surface area contributed by atoms with E-state index < -0.39 is 40.8 Å². The van der Waals surface area contributed by atoms with Crippen LogP contribution in [0.2, 0.25) is 0 Å². The van der Waals surface area contributed by atoms with Gasteiger partial charge in [-0.25, -0.2) is 14.9 Å². The van der Waals surface area contributed by atoms with Crippen LogP contribution in [0.1, 0.15) is 37.4 Å². The second-order valence-corrected chi connectivity index (χ2v) is 9.93. The van der Waals surface area contributed by atoms with Crippen LogP contribution in [-0.2, 0) is 20.5 Å². The molecule has 5 heterocycles. The maximum Gasteiger partial charge on any atom is 0.433 e. The number of imide groups is 1. The minimum absolute atomic E-state index is 0.0706. The first-order valence-corrected chi connectivity index (χ1v) is 12.0. The molecule has 1 aromatic carbocycles. The Morgan fingerprint density at radius 3 is 2.71 bits per heavy atom. The summed E-state index contributed by atoms with van der Waals surface area (Å²) in [5.41, 5.74) is -1.94. The van der Waals surface area contributed by atoms with Crippen LogP contribution >= 0.6 is 0 Å². The summed E-state index contributed by atoms with van der Waals surface area (Å²) in [7, 11) is 0.